The molecule has 2 atom stereocenters. The van der Waals surface area contributed by atoms with E-state index in [1.165, 1.54) is 47.6 Å². The fourth-order valence-electron chi connectivity index (χ4n) is 7.69. The zero-order valence-corrected chi connectivity index (χ0v) is 30.2. The lowest BCUT2D eigenvalue weighted by Crippen LogP contribution is -2.45. The highest BCUT2D eigenvalue weighted by Crippen LogP contribution is 2.41. The Hall–Kier alpha value is -6.53. The van der Waals surface area contributed by atoms with Crippen LogP contribution in [-0.4, -0.2) is 5.84 Å². The molecule has 1 aliphatic heterocycles. The lowest BCUT2D eigenvalue weighted by Gasteiger charge is -2.32. The maximum absolute atomic E-state index is 5.38. The number of rotatable bonds is 7. The minimum Gasteiger partial charge on any atom is -0.350 e. The van der Waals surface area contributed by atoms with E-state index in [9.17, 15) is 0 Å². The zero-order valence-electron chi connectivity index (χ0n) is 29.4. The van der Waals surface area contributed by atoms with Gasteiger partial charge in [0.05, 0.1) is 0 Å². The Morgan fingerprint density at radius 3 is 1.93 bits per heavy atom. The molecule has 2 N–H and O–H groups in total. The van der Waals surface area contributed by atoms with Gasteiger partial charge in [-0.1, -0.05) is 140 Å². The van der Waals surface area contributed by atoms with Crippen LogP contribution in [0, 0.1) is 0 Å². The smallest absolute Gasteiger partial charge is 0.132 e. The maximum Gasteiger partial charge on any atom is 0.132 e. The van der Waals surface area contributed by atoms with Crippen molar-refractivity contribution in [2.75, 3.05) is 4.90 Å². The van der Waals surface area contributed by atoms with Gasteiger partial charge in [-0.05, 0) is 87.6 Å². The third-order valence-electron chi connectivity index (χ3n) is 10.3. The summed E-state index contributed by atoms with van der Waals surface area (Å²) in [5, 5.41) is 12.5. The van der Waals surface area contributed by atoms with Gasteiger partial charge >= 0.3 is 0 Å². The quantitative estimate of drug-likeness (QED) is 0.173. The van der Waals surface area contributed by atoms with Crippen LogP contribution in [0.25, 0.3) is 42.1 Å². The first-order chi connectivity index (χ1) is 26.7. The first-order valence-corrected chi connectivity index (χ1v) is 19.2. The molecule has 258 valence electrons. The van der Waals surface area contributed by atoms with E-state index in [0.29, 0.717) is 0 Å². The van der Waals surface area contributed by atoms with Crippen LogP contribution in [0.4, 0.5) is 17.1 Å². The second-order valence-electron chi connectivity index (χ2n) is 13.7. The normalized spacial score (nSPS) is 15.6. The Labute approximate surface area is 318 Å². The summed E-state index contributed by atoms with van der Waals surface area (Å²) in [4.78, 5) is 7.69. The minimum atomic E-state index is -0.221. The largest absolute Gasteiger partial charge is 0.350 e. The van der Waals surface area contributed by atoms with Crippen LogP contribution in [0.15, 0.2) is 199 Å². The SMILES string of the molecule is c1ccc(C2NC(c3cccc4sc5cc(-c6cccc(N(c7ccccc7)c7ccccc7)c6)ccc5c34)=NC(c3ccc4ccccc4c3)N2)cc1. The molecule has 9 aromatic rings. The molecule has 4 nitrogen and oxygen atoms in total. The average Bonchev–Trinajstić information content (AvgIpc) is 3.63. The summed E-state index contributed by atoms with van der Waals surface area (Å²) < 4.78 is 2.50. The van der Waals surface area contributed by atoms with Crippen molar-refractivity contribution in [3.8, 4) is 11.1 Å². The van der Waals surface area contributed by atoms with Gasteiger partial charge in [-0.2, -0.15) is 0 Å². The molecule has 0 saturated heterocycles. The van der Waals surface area contributed by atoms with Crippen molar-refractivity contribution in [1.29, 1.82) is 0 Å². The number of nitrogens with one attached hydrogen (secondary N) is 2. The van der Waals surface area contributed by atoms with Crippen molar-refractivity contribution < 1.29 is 0 Å². The van der Waals surface area contributed by atoms with E-state index in [4.69, 9.17) is 4.99 Å². The summed E-state index contributed by atoms with van der Waals surface area (Å²) in [7, 11) is 0. The molecule has 0 radical (unpaired) electrons. The van der Waals surface area contributed by atoms with Gasteiger partial charge in [0.15, 0.2) is 0 Å². The molecule has 1 aromatic heterocycles. The van der Waals surface area contributed by atoms with E-state index in [2.05, 4.69) is 210 Å². The number of nitrogens with zero attached hydrogens (tertiary/aromatic N) is 2. The van der Waals surface area contributed by atoms with Gasteiger partial charge in [0.25, 0.3) is 0 Å². The fraction of sp³-hybridized carbons (Fsp3) is 0.0408. The number of hydrogen-bond acceptors (Lipinski definition) is 5. The van der Waals surface area contributed by atoms with Gasteiger partial charge in [0, 0.05) is 42.8 Å². The summed E-state index contributed by atoms with van der Waals surface area (Å²) >= 11 is 1.84. The first kappa shape index (κ1) is 32.1. The van der Waals surface area contributed by atoms with E-state index in [-0.39, 0.29) is 12.3 Å². The molecule has 2 heterocycles. The summed E-state index contributed by atoms with van der Waals surface area (Å²) in [6.45, 7) is 0. The minimum absolute atomic E-state index is 0.111. The van der Waals surface area contributed by atoms with Gasteiger partial charge in [0.1, 0.15) is 18.2 Å². The number of hydrogen-bond donors (Lipinski definition) is 2. The third kappa shape index (κ3) is 6.00. The summed E-state index contributed by atoms with van der Waals surface area (Å²) in [6.07, 6.45) is -0.332. The highest BCUT2D eigenvalue weighted by Gasteiger charge is 2.27. The van der Waals surface area contributed by atoms with Crippen LogP contribution in [0.1, 0.15) is 29.0 Å². The third-order valence-corrected chi connectivity index (χ3v) is 11.4. The first-order valence-electron chi connectivity index (χ1n) is 18.4. The van der Waals surface area contributed by atoms with Gasteiger partial charge in [-0.15, -0.1) is 11.3 Å². The van der Waals surface area contributed by atoms with Crippen LogP contribution in [-0.2, 0) is 0 Å². The van der Waals surface area contributed by atoms with Gasteiger partial charge in [-0.3, -0.25) is 5.32 Å². The van der Waals surface area contributed by atoms with Crippen molar-refractivity contribution in [3.63, 3.8) is 0 Å². The standard InChI is InChI=1S/C49H36N4S/c1-4-15-34(16-5-1)47-50-48(38-27-26-33-14-10-11-17-35(33)30-38)52-49(51-47)43-24-13-25-44-46(43)42-29-28-37(32-45(42)54-44)36-18-12-23-41(31-36)53(39-19-6-2-7-20-39)40-21-8-3-9-22-40/h1-32,47-48,50H,(H,51,52). The van der Waals surface area contributed by atoms with Gasteiger partial charge in [-0.25, -0.2) is 4.99 Å². The number of benzene rings is 8. The molecular weight excluding hydrogens is 677 g/mol. The van der Waals surface area contributed by atoms with Crippen molar-refractivity contribution in [3.05, 3.63) is 211 Å². The van der Waals surface area contributed by atoms with Crippen LogP contribution in [0.3, 0.4) is 0 Å². The topological polar surface area (TPSA) is 39.7 Å². The van der Waals surface area contributed by atoms with E-state index in [1.54, 1.807) is 0 Å². The number of amidine groups is 1. The predicted octanol–water partition coefficient (Wildman–Crippen LogP) is 12.7. The van der Waals surface area contributed by atoms with Crippen LogP contribution in [0.2, 0.25) is 0 Å². The van der Waals surface area contributed by atoms with Gasteiger partial charge < -0.3 is 10.2 Å². The molecule has 2 unspecified atom stereocenters. The lowest BCUT2D eigenvalue weighted by atomic mass is 9.99. The molecular formula is C49H36N4S. The molecule has 5 heteroatoms. The van der Waals surface area contributed by atoms with Gasteiger partial charge in [0.2, 0.25) is 0 Å². The Morgan fingerprint density at radius 2 is 1.15 bits per heavy atom. The number of fused-ring (bicyclic) bond motifs is 4. The average molecular weight is 713 g/mol. The summed E-state index contributed by atoms with van der Waals surface area (Å²) in [6, 6.07) is 69.3. The maximum atomic E-state index is 5.38. The van der Waals surface area contributed by atoms with E-state index < -0.39 is 0 Å². The summed E-state index contributed by atoms with van der Waals surface area (Å²) in [5.74, 6) is 0.893. The van der Waals surface area contributed by atoms with E-state index in [1.807, 2.05) is 11.3 Å². The molecule has 0 amide bonds. The molecule has 0 fully saturated rings. The van der Waals surface area contributed by atoms with Crippen molar-refractivity contribution in [2.24, 2.45) is 4.99 Å². The van der Waals surface area contributed by atoms with Crippen molar-refractivity contribution in [1.82, 2.24) is 10.6 Å². The van der Waals surface area contributed by atoms with Crippen molar-refractivity contribution in [2.45, 2.75) is 12.3 Å². The molecule has 54 heavy (non-hydrogen) atoms. The molecule has 10 rings (SSSR count). The lowest BCUT2D eigenvalue weighted by molar-refractivity contribution is 0.409. The second kappa shape index (κ2) is 13.8. The predicted molar refractivity (Wildman–Crippen MR) is 228 cm³/mol. The second-order valence-corrected chi connectivity index (χ2v) is 14.8. The zero-order chi connectivity index (χ0) is 35.8. The molecule has 0 bridgehead atoms. The molecule has 8 aromatic carbocycles. The van der Waals surface area contributed by atoms with Crippen LogP contribution < -0.4 is 15.5 Å². The van der Waals surface area contributed by atoms with Crippen LogP contribution >= 0.6 is 11.3 Å². The Bertz CT molecular complexity index is 2750. The number of anilines is 3. The Balaban J connectivity index is 1.06. The Kier molecular flexibility index (Phi) is 8.21. The number of thiophene rings is 1. The fourth-order valence-corrected chi connectivity index (χ4v) is 8.86. The van der Waals surface area contributed by atoms with E-state index in [0.717, 1.165) is 34.0 Å². The summed E-state index contributed by atoms with van der Waals surface area (Å²) in [5.41, 5.74) is 9.16. The number of para-hydroxylation sites is 2. The molecule has 0 aliphatic carbocycles. The molecule has 1 aliphatic rings. The van der Waals surface area contributed by atoms with E-state index >= 15 is 0 Å². The Morgan fingerprint density at radius 1 is 0.481 bits per heavy atom. The monoisotopic (exact) mass is 712 g/mol. The highest BCUT2D eigenvalue weighted by molar-refractivity contribution is 7.25. The van der Waals surface area contributed by atoms with Crippen molar-refractivity contribution >= 4 is 65.2 Å². The molecule has 0 spiro atoms. The molecule has 0 saturated carbocycles. The number of aliphatic imine (C=N–C) groups is 1. The highest BCUT2D eigenvalue weighted by atomic mass is 32.1. The van der Waals surface area contributed by atoms with Crippen LogP contribution in [0.5, 0.6) is 0 Å².